The van der Waals surface area contributed by atoms with Gasteiger partial charge >= 0.3 is 0 Å². The second-order valence-electron chi connectivity index (χ2n) is 3.81. The summed E-state index contributed by atoms with van der Waals surface area (Å²) >= 11 is 2.02. The van der Waals surface area contributed by atoms with Crippen molar-refractivity contribution < 1.29 is 0 Å². The van der Waals surface area contributed by atoms with Crippen molar-refractivity contribution in [2.75, 3.05) is 18.1 Å². The highest BCUT2D eigenvalue weighted by molar-refractivity contribution is 7.99. The summed E-state index contributed by atoms with van der Waals surface area (Å²) < 4.78 is 0. The molecule has 0 amide bonds. The number of rotatable bonds is 8. The molecule has 2 heteroatoms. The van der Waals surface area contributed by atoms with E-state index in [0.29, 0.717) is 0 Å². The number of hydrogen-bond donors (Lipinski definition) is 1. The van der Waals surface area contributed by atoms with Crippen LogP contribution >= 0.6 is 11.8 Å². The van der Waals surface area contributed by atoms with Crippen molar-refractivity contribution in [2.24, 2.45) is 0 Å². The summed E-state index contributed by atoms with van der Waals surface area (Å²) in [5.41, 5.74) is 1.35. The molecular weight excluding hydrogens is 178 g/mol. The Morgan fingerprint density at radius 1 is 1.54 bits per heavy atom. The van der Waals surface area contributed by atoms with Crippen LogP contribution in [0.5, 0.6) is 0 Å². The summed E-state index contributed by atoms with van der Waals surface area (Å²) in [6.45, 7) is 7.34. The first-order chi connectivity index (χ1) is 6.33. The van der Waals surface area contributed by atoms with Crippen LogP contribution in [0.4, 0.5) is 0 Å². The van der Waals surface area contributed by atoms with Crippen molar-refractivity contribution in [3.8, 4) is 0 Å². The minimum Gasteiger partial charge on any atom is -0.310 e. The summed E-state index contributed by atoms with van der Waals surface area (Å²) in [6, 6.07) is 0.817. The van der Waals surface area contributed by atoms with E-state index in [4.69, 9.17) is 0 Å². The standard InChI is InChI=1S/C11H21NS/c1-3-4-7-13-9-10(2)8-12-11-5-6-11/h11-12H,2-9H2,1H3. The maximum absolute atomic E-state index is 4.07. The zero-order valence-corrected chi connectivity index (χ0v) is 9.46. The Morgan fingerprint density at radius 3 is 2.92 bits per heavy atom. The van der Waals surface area contributed by atoms with E-state index in [1.165, 1.54) is 37.0 Å². The highest BCUT2D eigenvalue weighted by Gasteiger charge is 2.19. The van der Waals surface area contributed by atoms with Gasteiger partial charge in [0.15, 0.2) is 0 Å². The van der Waals surface area contributed by atoms with E-state index >= 15 is 0 Å². The lowest BCUT2D eigenvalue weighted by Crippen LogP contribution is -2.19. The number of nitrogens with one attached hydrogen (secondary N) is 1. The van der Waals surface area contributed by atoms with Gasteiger partial charge in [-0.25, -0.2) is 0 Å². The Labute approximate surface area is 86.4 Å². The highest BCUT2D eigenvalue weighted by atomic mass is 32.2. The third-order valence-electron chi connectivity index (χ3n) is 2.17. The Kier molecular flexibility index (Phi) is 5.56. The van der Waals surface area contributed by atoms with E-state index in [9.17, 15) is 0 Å². The lowest BCUT2D eigenvalue weighted by molar-refractivity contribution is 0.736. The van der Waals surface area contributed by atoms with Gasteiger partial charge in [-0.2, -0.15) is 11.8 Å². The molecule has 1 aliphatic rings. The molecule has 1 nitrogen and oxygen atoms in total. The number of unbranched alkanes of at least 4 members (excludes halogenated alkanes) is 1. The van der Waals surface area contributed by atoms with Gasteiger partial charge in [-0.15, -0.1) is 0 Å². The molecule has 0 atom stereocenters. The summed E-state index contributed by atoms with van der Waals surface area (Å²) in [7, 11) is 0. The predicted octanol–water partition coefficient (Wildman–Crippen LogP) is 2.83. The summed E-state index contributed by atoms with van der Waals surface area (Å²) in [5.74, 6) is 2.43. The third kappa shape index (κ3) is 6.17. The topological polar surface area (TPSA) is 12.0 Å². The molecule has 1 fully saturated rings. The van der Waals surface area contributed by atoms with E-state index in [-0.39, 0.29) is 0 Å². The molecule has 0 spiro atoms. The van der Waals surface area contributed by atoms with Crippen LogP contribution in [-0.2, 0) is 0 Å². The molecule has 13 heavy (non-hydrogen) atoms. The van der Waals surface area contributed by atoms with E-state index in [0.717, 1.165) is 18.3 Å². The quantitative estimate of drug-likeness (QED) is 0.476. The van der Waals surface area contributed by atoms with Gasteiger partial charge in [0.25, 0.3) is 0 Å². The molecule has 0 bridgehead atoms. The molecule has 1 N–H and O–H groups in total. The highest BCUT2D eigenvalue weighted by Crippen LogP contribution is 2.19. The van der Waals surface area contributed by atoms with E-state index in [1.807, 2.05) is 11.8 Å². The van der Waals surface area contributed by atoms with Crippen molar-refractivity contribution >= 4 is 11.8 Å². The summed E-state index contributed by atoms with van der Waals surface area (Å²) in [4.78, 5) is 0. The smallest absolute Gasteiger partial charge is 0.0172 e. The van der Waals surface area contributed by atoms with Crippen molar-refractivity contribution in [1.82, 2.24) is 5.32 Å². The fourth-order valence-electron chi connectivity index (χ4n) is 1.09. The SMILES string of the molecule is C=C(CNC1CC1)CSCCCC. The molecule has 0 aromatic rings. The molecule has 76 valence electrons. The Balaban J connectivity index is 1.84. The van der Waals surface area contributed by atoms with Crippen molar-refractivity contribution in [3.63, 3.8) is 0 Å². The van der Waals surface area contributed by atoms with Crippen LogP contribution in [0.2, 0.25) is 0 Å². The Morgan fingerprint density at radius 2 is 2.31 bits per heavy atom. The van der Waals surface area contributed by atoms with Crippen molar-refractivity contribution in [3.05, 3.63) is 12.2 Å². The molecule has 1 aliphatic carbocycles. The van der Waals surface area contributed by atoms with Crippen LogP contribution in [0.1, 0.15) is 32.6 Å². The lowest BCUT2D eigenvalue weighted by Gasteiger charge is -2.06. The fraction of sp³-hybridized carbons (Fsp3) is 0.818. The first kappa shape index (κ1) is 11.1. The summed E-state index contributed by atoms with van der Waals surface area (Å²) in [5, 5.41) is 3.48. The molecule has 0 heterocycles. The predicted molar refractivity (Wildman–Crippen MR) is 62.4 cm³/mol. The van der Waals surface area contributed by atoms with E-state index < -0.39 is 0 Å². The Bertz CT molecular complexity index is 152. The molecule has 0 aliphatic heterocycles. The van der Waals surface area contributed by atoms with Crippen LogP contribution in [0.25, 0.3) is 0 Å². The minimum absolute atomic E-state index is 0.817. The van der Waals surface area contributed by atoms with Crippen molar-refractivity contribution in [2.45, 2.75) is 38.6 Å². The lowest BCUT2D eigenvalue weighted by atomic mass is 10.3. The van der Waals surface area contributed by atoms with Gasteiger partial charge in [-0.05, 0) is 25.0 Å². The second kappa shape index (κ2) is 6.50. The normalized spacial score (nSPS) is 16.1. The maximum Gasteiger partial charge on any atom is 0.0172 e. The molecule has 1 saturated carbocycles. The second-order valence-corrected chi connectivity index (χ2v) is 4.92. The van der Waals surface area contributed by atoms with E-state index in [1.54, 1.807) is 0 Å². The van der Waals surface area contributed by atoms with Gasteiger partial charge < -0.3 is 5.32 Å². The number of hydrogen-bond acceptors (Lipinski definition) is 2. The molecule has 1 rings (SSSR count). The van der Waals surface area contributed by atoms with Crippen molar-refractivity contribution in [1.29, 1.82) is 0 Å². The van der Waals surface area contributed by atoms with Gasteiger partial charge in [0, 0.05) is 18.3 Å². The largest absolute Gasteiger partial charge is 0.310 e. The zero-order chi connectivity index (χ0) is 9.52. The summed E-state index contributed by atoms with van der Waals surface area (Å²) in [6.07, 6.45) is 5.39. The fourth-order valence-corrected chi connectivity index (χ4v) is 2.12. The van der Waals surface area contributed by atoms with Gasteiger partial charge in [0.05, 0.1) is 0 Å². The van der Waals surface area contributed by atoms with Gasteiger partial charge in [0.2, 0.25) is 0 Å². The van der Waals surface area contributed by atoms with Gasteiger partial charge in [-0.1, -0.05) is 25.5 Å². The third-order valence-corrected chi connectivity index (χ3v) is 3.36. The molecular formula is C11H21NS. The van der Waals surface area contributed by atoms with Gasteiger partial charge in [-0.3, -0.25) is 0 Å². The average Bonchev–Trinajstić information content (AvgIpc) is 2.92. The van der Waals surface area contributed by atoms with Gasteiger partial charge in [0.1, 0.15) is 0 Å². The Hall–Kier alpha value is 0.0500. The number of thioether (sulfide) groups is 1. The molecule has 0 saturated heterocycles. The average molecular weight is 199 g/mol. The first-order valence-corrected chi connectivity index (χ1v) is 6.46. The monoisotopic (exact) mass is 199 g/mol. The van der Waals surface area contributed by atoms with Crippen LogP contribution in [0.3, 0.4) is 0 Å². The van der Waals surface area contributed by atoms with Crippen LogP contribution in [0.15, 0.2) is 12.2 Å². The van der Waals surface area contributed by atoms with E-state index in [2.05, 4.69) is 18.8 Å². The first-order valence-electron chi connectivity index (χ1n) is 5.30. The molecule has 0 aromatic heterocycles. The molecule has 0 radical (unpaired) electrons. The van der Waals surface area contributed by atoms with Crippen LogP contribution < -0.4 is 5.32 Å². The minimum atomic E-state index is 0.817. The van der Waals surface area contributed by atoms with Crippen LogP contribution in [0, 0.1) is 0 Å². The maximum atomic E-state index is 4.07. The zero-order valence-electron chi connectivity index (χ0n) is 8.64. The van der Waals surface area contributed by atoms with Crippen LogP contribution in [-0.4, -0.2) is 24.1 Å². The molecule has 0 aromatic carbocycles. The molecule has 0 unspecified atom stereocenters.